The van der Waals surface area contributed by atoms with Crippen molar-refractivity contribution in [1.29, 1.82) is 0 Å². The van der Waals surface area contributed by atoms with Crippen LogP contribution in [0.25, 0.3) is 10.9 Å². The van der Waals surface area contributed by atoms with Crippen molar-refractivity contribution in [1.82, 2.24) is 10.4 Å². The third-order valence-corrected chi connectivity index (χ3v) is 3.87. The number of hydrogen-bond donors (Lipinski definition) is 2. The van der Waals surface area contributed by atoms with Crippen molar-refractivity contribution >= 4 is 22.8 Å². The van der Waals surface area contributed by atoms with Gasteiger partial charge in [-0.05, 0) is 37.3 Å². The predicted octanol–water partition coefficient (Wildman–Crippen LogP) is 1.26. The summed E-state index contributed by atoms with van der Waals surface area (Å²) < 4.78 is 5.10. The SMILES string of the molecule is NNC(=O)COC(=O)c1c2c(nc3ccccc13)CCCC2. The number of carbonyl (C=O) groups excluding carboxylic acids is 2. The van der Waals surface area contributed by atoms with Crippen LogP contribution in [-0.4, -0.2) is 23.5 Å². The van der Waals surface area contributed by atoms with Gasteiger partial charge >= 0.3 is 5.97 Å². The van der Waals surface area contributed by atoms with E-state index in [-0.39, 0.29) is 6.61 Å². The van der Waals surface area contributed by atoms with E-state index in [1.54, 1.807) is 0 Å². The summed E-state index contributed by atoms with van der Waals surface area (Å²) in [7, 11) is 0. The molecule has 0 spiro atoms. The molecule has 1 aromatic heterocycles. The average Bonchev–Trinajstić information content (AvgIpc) is 2.57. The standard InChI is InChI=1S/C16H17N3O3/c17-19-14(20)9-22-16(21)15-10-5-1-3-7-12(10)18-13-8-4-2-6-11(13)15/h1,3,5,7H,2,4,6,8-9,17H2,(H,19,20). The molecule has 1 aliphatic rings. The first-order valence-electron chi connectivity index (χ1n) is 7.27. The van der Waals surface area contributed by atoms with Crippen LogP contribution < -0.4 is 11.3 Å². The summed E-state index contributed by atoms with van der Waals surface area (Å²) in [6.45, 7) is -0.388. The molecule has 0 unspecified atom stereocenters. The Balaban J connectivity index is 2.06. The molecule has 0 aliphatic heterocycles. The van der Waals surface area contributed by atoms with E-state index in [9.17, 15) is 9.59 Å². The number of nitrogens with two attached hydrogens (primary N) is 1. The number of ether oxygens (including phenoxy) is 1. The molecule has 0 saturated heterocycles. The third kappa shape index (κ3) is 2.65. The molecule has 0 saturated carbocycles. The van der Waals surface area contributed by atoms with Crippen LogP contribution in [0.1, 0.15) is 34.5 Å². The van der Waals surface area contributed by atoms with Crippen LogP contribution in [0.2, 0.25) is 0 Å². The third-order valence-electron chi connectivity index (χ3n) is 3.87. The Morgan fingerprint density at radius 3 is 2.82 bits per heavy atom. The molecule has 0 bridgehead atoms. The lowest BCUT2D eigenvalue weighted by atomic mass is 9.90. The smallest absolute Gasteiger partial charge is 0.339 e. The van der Waals surface area contributed by atoms with Gasteiger partial charge in [-0.3, -0.25) is 15.2 Å². The van der Waals surface area contributed by atoms with Crippen LogP contribution in [0.4, 0.5) is 0 Å². The Hall–Kier alpha value is -2.47. The van der Waals surface area contributed by atoms with Gasteiger partial charge in [-0.2, -0.15) is 0 Å². The van der Waals surface area contributed by atoms with E-state index in [1.165, 1.54) is 0 Å². The van der Waals surface area contributed by atoms with Crippen molar-refractivity contribution in [3.05, 3.63) is 41.1 Å². The maximum absolute atomic E-state index is 12.5. The zero-order valence-corrected chi connectivity index (χ0v) is 12.1. The van der Waals surface area contributed by atoms with Crippen LogP contribution in [0.3, 0.4) is 0 Å². The number of aryl methyl sites for hydroxylation is 1. The second kappa shape index (κ2) is 6.11. The van der Waals surface area contributed by atoms with Gasteiger partial charge in [0.2, 0.25) is 0 Å². The van der Waals surface area contributed by atoms with Crippen LogP contribution in [0.15, 0.2) is 24.3 Å². The van der Waals surface area contributed by atoms with Crippen LogP contribution in [0.5, 0.6) is 0 Å². The van der Waals surface area contributed by atoms with E-state index in [0.29, 0.717) is 5.56 Å². The molecule has 6 heteroatoms. The summed E-state index contributed by atoms with van der Waals surface area (Å²) >= 11 is 0. The van der Waals surface area contributed by atoms with Crippen molar-refractivity contribution in [2.75, 3.05) is 6.61 Å². The number of aromatic nitrogens is 1. The number of nitrogens with zero attached hydrogens (tertiary/aromatic N) is 1. The topological polar surface area (TPSA) is 94.3 Å². The predicted molar refractivity (Wildman–Crippen MR) is 81.0 cm³/mol. The molecular formula is C16H17N3O3. The Bertz CT molecular complexity index is 743. The number of carbonyl (C=O) groups is 2. The quantitative estimate of drug-likeness (QED) is 0.385. The van der Waals surface area contributed by atoms with Gasteiger partial charge in [0.05, 0.1) is 11.1 Å². The zero-order chi connectivity index (χ0) is 15.5. The van der Waals surface area contributed by atoms with Gasteiger partial charge in [0.15, 0.2) is 6.61 Å². The maximum Gasteiger partial charge on any atom is 0.339 e. The van der Waals surface area contributed by atoms with Gasteiger partial charge in [0.1, 0.15) is 0 Å². The Morgan fingerprint density at radius 2 is 2.00 bits per heavy atom. The number of pyridine rings is 1. The van der Waals surface area contributed by atoms with Gasteiger partial charge < -0.3 is 4.74 Å². The number of hydrazine groups is 1. The highest BCUT2D eigenvalue weighted by atomic mass is 16.5. The fourth-order valence-corrected chi connectivity index (χ4v) is 2.85. The number of rotatable bonds is 3. The summed E-state index contributed by atoms with van der Waals surface area (Å²) in [5, 5.41) is 0.765. The fourth-order valence-electron chi connectivity index (χ4n) is 2.85. The number of esters is 1. The lowest BCUT2D eigenvalue weighted by molar-refractivity contribution is -0.124. The van der Waals surface area contributed by atoms with Gasteiger partial charge in [-0.25, -0.2) is 10.6 Å². The number of para-hydroxylation sites is 1. The lowest BCUT2D eigenvalue weighted by Crippen LogP contribution is -2.34. The van der Waals surface area contributed by atoms with Gasteiger partial charge in [-0.1, -0.05) is 18.2 Å². The first kappa shape index (κ1) is 14.5. The molecule has 0 fully saturated rings. The molecule has 0 radical (unpaired) electrons. The summed E-state index contributed by atoms with van der Waals surface area (Å²) in [4.78, 5) is 28.3. The molecule has 1 amide bonds. The monoisotopic (exact) mass is 299 g/mol. The largest absolute Gasteiger partial charge is 0.452 e. The summed E-state index contributed by atoms with van der Waals surface area (Å²) in [6, 6.07) is 7.49. The number of hydrogen-bond acceptors (Lipinski definition) is 5. The molecular weight excluding hydrogens is 282 g/mol. The molecule has 1 aliphatic carbocycles. The van der Waals surface area contributed by atoms with Crippen molar-refractivity contribution in [2.45, 2.75) is 25.7 Å². The maximum atomic E-state index is 12.5. The highest BCUT2D eigenvalue weighted by Crippen LogP contribution is 2.29. The summed E-state index contributed by atoms with van der Waals surface area (Å²) in [5.74, 6) is 3.96. The van der Waals surface area contributed by atoms with E-state index in [1.807, 2.05) is 29.7 Å². The molecule has 1 heterocycles. The normalized spacial score (nSPS) is 13.5. The highest BCUT2D eigenvalue weighted by Gasteiger charge is 2.23. The van der Waals surface area contributed by atoms with Gasteiger partial charge in [0, 0.05) is 11.1 Å². The lowest BCUT2D eigenvalue weighted by Gasteiger charge is -2.19. The molecule has 0 atom stereocenters. The second-order valence-electron chi connectivity index (χ2n) is 5.28. The zero-order valence-electron chi connectivity index (χ0n) is 12.1. The van der Waals surface area contributed by atoms with E-state index >= 15 is 0 Å². The van der Waals surface area contributed by atoms with Crippen molar-refractivity contribution < 1.29 is 14.3 Å². The van der Waals surface area contributed by atoms with E-state index in [2.05, 4.69) is 4.98 Å². The molecule has 114 valence electrons. The van der Waals surface area contributed by atoms with Crippen molar-refractivity contribution in [3.8, 4) is 0 Å². The van der Waals surface area contributed by atoms with Crippen LogP contribution >= 0.6 is 0 Å². The van der Waals surface area contributed by atoms with Crippen LogP contribution in [0, 0.1) is 0 Å². The summed E-state index contributed by atoms with van der Waals surface area (Å²) in [6.07, 6.45) is 3.77. The van der Waals surface area contributed by atoms with E-state index in [0.717, 1.165) is 47.8 Å². The Labute approximate surface area is 127 Å². The van der Waals surface area contributed by atoms with Gasteiger partial charge in [0.25, 0.3) is 5.91 Å². The molecule has 22 heavy (non-hydrogen) atoms. The fraction of sp³-hybridized carbons (Fsp3) is 0.312. The number of nitrogens with one attached hydrogen (secondary N) is 1. The van der Waals surface area contributed by atoms with E-state index < -0.39 is 11.9 Å². The van der Waals surface area contributed by atoms with E-state index in [4.69, 9.17) is 10.6 Å². The minimum absolute atomic E-state index is 0.388. The Kier molecular flexibility index (Phi) is 4.02. The van der Waals surface area contributed by atoms with Crippen molar-refractivity contribution in [2.24, 2.45) is 5.84 Å². The average molecular weight is 299 g/mol. The minimum atomic E-state index is -0.541. The first-order valence-corrected chi connectivity index (χ1v) is 7.27. The van der Waals surface area contributed by atoms with Crippen molar-refractivity contribution in [3.63, 3.8) is 0 Å². The molecule has 3 rings (SSSR count). The molecule has 3 N–H and O–H groups in total. The van der Waals surface area contributed by atoms with Gasteiger partial charge in [-0.15, -0.1) is 0 Å². The minimum Gasteiger partial charge on any atom is -0.452 e. The number of fused-ring (bicyclic) bond motifs is 2. The molecule has 1 aromatic carbocycles. The molecule has 6 nitrogen and oxygen atoms in total. The summed E-state index contributed by atoms with van der Waals surface area (Å²) in [5.41, 5.74) is 5.16. The number of amides is 1. The Morgan fingerprint density at radius 1 is 1.23 bits per heavy atom. The molecule has 2 aromatic rings. The highest BCUT2D eigenvalue weighted by molar-refractivity contribution is 6.05. The number of benzene rings is 1. The van der Waals surface area contributed by atoms with Crippen LogP contribution in [-0.2, 0) is 22.4 Å². The first-order chi connectivity index (χ1) is 10.7. The second-order valence-corrected chi connectivity index (χ2v) is 5.28.